The largest absolute Gasteiger partial charge is 0.437 e. The van der Waals surface area contributed by atoms with Crippen molar-refractivity contribution in [2.45, 2.75) is 6.04 Å². The second-order valence-corrected chi connectivity index (χ2v) is 5.77. The van der Waals surface area contributed by atoms with Crippen LogP contribution in [-0.4, -0.2) is 24.9 Å². The van der Waals surface area contributed by atoms with Crippen LogP contribution in [0.3, 0.4) is 0 Å². The van der Waals surface area contributed by atoms with Crippen LogP contribution in [0.1, 0.15) is 11.6 Å². The zero-order valence-corrected chi connectivity index (χ0v) is 11.2. The SMILES string of the molecule is O=S1(=O)NCC(c2cccc(Oc3cnccn3)c2)N1. The van der Waals surface area contributed by atoms with Gasteiger partial charge in [-0.05, 0) is 17.7 Å². The van der Waals surface area contributed by atoms with E-state index >= 15 is 0 Å². The molecule has 0 radical (unpaired) electrons. The first-order chi connectivity index (χ1) is 9.62. The van der Waals surface area contributed by atoms with Gasteiger partial charge < -0.3 is 4.74 Å². The van der Waals surface area contributed by atoms with Gasteiger partial charge in [0.05, 0.1) is 12.2 Å². The fraction of sp³-hybridized carbons (Fsp3) is 0.167. The van der Waals surface area contributed by atoms with Gasteiger partial charge in [-0.15, -0.1) is 0 Å². The highest BCUT2D eigenvalue weighted by Gasteiger charge is 2.27. The molecule has 1 unspecified atom stereocenters. The lowest BCUT2D eigenvalue weighted by atomic mass is 10.1. The fourth-order valence-corrected chi connectivity index (χ4v) is 2.97. The minimum atomic E-state index is -3.38. The van der Waals surface area contributed by atoms with Crippen LogP contribution in [-0.2, 0) is 10.2 Å². The van der Waals surface area contributed by atoms with E-state index in [2.05, 4.69) is 19.4 Å². The highest BCUT2D eigenvalue weighted by molar-refractivity contribution is 7.87. The van der Waals surface area contributed by atoms with E-state index in [1.54, 1.807) is 24.4 Å². The summed E-state index contributed by atoms with van der Waals surface area (Å²) in [6, 6.07) is 6.88. The third-order valence-corrected chi connectivity index (χ3v) is 3.94. The summed E-state index contributed by atoms with van der Waals surface area (Å²) in [6.07, 6.45) is 4.60. The van der Waals surface area contributed by atoms with Crippen molar-refractivity contribution in [3.63, 3.8) is 0 Å². The van der Waals surface area contributed by atoms with Gasteiger partial charge in [0, 0.05) is 18.9 Å². The second kappa shape index (κ2) is 5.16. The molecule has 1 atom stereocenters. The number of rotatable bonds is 3. The molecule has 1 aliphatic rings. The quantitative estimate of drug-likeness (QED) is 0.870. The fourth-order valence-electron chi connectivity index (χ4n) is 1.90. The lowest BCUT2D eigenvalue weighted by molar-refractivity contribution is 0.458. The van der Waals surface area contributed by atoms with Crippen molar-refractivity contribution in [1.82, 2.24) is 19.4 Å². The second-order valence-electron chi connectivity index (χ2n) is 4.24. The first-order valence-corrected chi connectivity index (χ1v) is 7.41. The van der Waals surface area contributed by atoms with E-state index in [0.29, 0.717) is 18.2 Å². The minimum absolute atomic E-state index is 0.301. The van der Waals surface area contributed by atoms with E-state index in [-0.39, 0.29) is 6.04 Å². The number of nitrogens with zero attached hydrogens (tertiary/aromatic N) is 2. The zero-order chi connectivity index (χ0) is 14.0. The molecular formula is C12H12N4O3S. The van der Waals surface area contributed by atoms with Crippen LogP contribution >= 0.6 is 0 Å². The maximum absolute atomic E-state index is 11.3. The van der Waals surface area contributed by atoms with Crippen molar-refractivity contribution in [3.8, 4) is 11.6 Å². The lowest BCUT2D eigenvalue weighted by Crippen LogP contribution is -2.23. The van der Waals surface area contributed by atoms with Crippen molar-refractivity contribution >= 4 is 10.2 Å². The van der Waals surface area contributed by atoms with E-state index in [1.807, 2.05) is 6.07 Å². The Hall–Kier alpha value is -2.03. The predicted molar refractivity (Wildman–Crippen MR) is 71.3 cm³/mol. The van der Waals surface area contributed by atoms with Gasteiger partial charge in [-0.1, -0.05) is 12.1 Å². The van der Waals surface area contributed by atoms with Crippen LogP contribution in [0.15, 0.2) is 42.9 Å². The van der Waals surface area contributed by atoms with E-state index in [0.717, 1.165) is 5.56 Å². The minimum Gasteiger partial charge on any atom is -0.437 e. The molecule has 3 rings (SSSR count). The monoisotopic (exact) mass is 292 g/mol. The summed E-state index contributed by atoms with van der Waals surface area (Å²) in [5, 5.41) is 0. The van der Waals surface area contributed by atoms with Gasteiger partial charge in [0.2, 0.25) is 5.88 Å². The Balaban J connectivity index is 1.80. The van der Waals surface area contributed by atoms with E-state index in [9.17, 15) is 8.42 Å². The van der Waals surface area contributed by atoms with E-state index < -0.39 is 10.2 Å². The van der Waals surface area contributed by atoms with Crippen molar-refractivity contribution in [1.29, 1.82) is 0 Å². The molecule has 1 saturated heterocycles. The number of benzene rings is 1. The Morgan fingerprint density at radius 2 is 2.20 bits per heavy atom. The van der Waals surface area contributed by atoms with Gasteiger partial charge in [-0.25, -0.2) is 9.71 Å². The molecule has 1 fully saturated rings. The zero-order valence-electron chi connectivity index (χ0n) is 10.4. The summed E-state index contributed by atoms with van der Waals surface area (Å²) in [6.45, 7) is 0.316. The van der Waals surface area contributed by atoms with Gasteiger partial charge in [0.25, 0.3) is 10.2 Å². The smallest absolute Gasteiger partial charge is 0.277 e. The molecule has 0 saturated carbocycles. The molecule has 0 spiro atoms. The van der Waals surface area contributed by atoms with Crippen molar-refractivity contribution in [2.24, 2.45) is 0 Å². The molecule has 7 nitrogen and oxygen atoms in total. The maximum Gasteiger partial charge on any atom is 0.277 e. The highest BCUT2D eigenvalue weighted by atomic mass is 32.2. The van der Waals surface area contributed by atoms with E-state index in [1.165, 1.54) is 12.4 Å². The Labute approximate surface area is 116 Å². The summed E-state index contributed by atoms with van der Waals surface area (Å²) >= 11 is 0. The molecular weight excluding hydrogens is 280 g/mol. The Bertz CT molecular complexity index is 706. The van der Waals surface area contributed by atoms with Crippen molar-refractivity contribution in [3.05, 3.63) is 48.4 Å². The topological polar surface area (TPSA) is 93.2 Å². The lowest BCUT2D eigenvalue weighted by Gasteiger charge is -2.10. The average Bonchev–Trinajstić information content (AvgIpc) is 2.81. The number of ether oxygens (including phenoxy) is 1. The Morgan fingerprint density at radius 3 is 2.90 bits per heavy atom. The number of hydrogen-bond donors (Lipinski definition) is 2. The number of nitrogens with one attached hydrogen (secondary N) is 2. The molecule has 1 aromatic carbocycles. The van der Waals surface area contributed by atoms with Crippen LogP contribution in [0.5, 0.6) is 11.6 Å². The van der Waals surface area contributed by atoms with Gasteiger partial charge in [-0.3, -0.25) is 4.98 Å². The predicted octanol–water partition coefficient (Wildman–Crippen LogP) is 0.748. The molecule has 2 heterocycles. The summed E-state index contributed by atoms with van der Waals surface area (Å²) in [5.74, 6) is 0.962. The third-order valence-electron chi connectivity index (χ3n) is 2.80. The van der Waals surface area contributed by atoms with Gasteiger partial charge in [-0.2, -0.15) is 13.1 Å². The summed E-state index contributed by atoms with van der Waals surface area (Å²) in [7, 11) is -3.38. The third kappa shape index (κ3) is 2.93. The standard InChI is InChI=1S/C12H12N4O3S/c17-20(18)15-7-11(16-20)9-2-1-3-10(6-9)19-12-8-13-4-5-14-12/h1-6,8,11,15-16H,7H2. The highest BCUT2D eigenvalue weighted by Crippen LogP contribution is 2.24. The molecule has 2 N–H and O–H groups in total. The van der Waals surface area contributed by atoms with Crippen LogP contribution in [0.4, 0.5) is 0 Å². The van der Waals surface area contributed by atoms with Gasteiger partial charge in [0.1, 0.15) is 5.75 Å². The molecule has 2 aromatic rings. The van der Waals surface area contributed by atoms with Gasteiger partial charge >= 0.3 is 0 Å². The molecule has 0 aliphatic carbocycles. The van der Waals surface area contributed by atoms with Crippen LogP contribution in [0.25, 0.3) is 0 Å². The Morgan fingerprint density at radius 1 is 1.30 bits per heavy atom. The average molecular weight is 292 g/mol. The van der Waals surface area contributed by atoms with Crippen LogP contribution in [0.2, 0.25) is 0 Å². The number of aromatic nitrogens is 2. The summed E-state index contributed by atoms with van der Waals surface area (Å²) in [5.41, 5.74) is 0.819. The van der Waals surface area contributed by atoms with Gasteiger partial charge in [0.15, 0.2) is 0 Å². The summed E-state index contributed by atoms with van der Waals surface area (Å²) in [4.78, 5) is 7.93. The first kappa shape index (κ1) is 13.0. The maximum atomic E-state index is 11.3. The van der Waals surface area contributed by atoms with E-state index in [4.69, 9.17) is 4.74 Å². The molecule has 8 heteroatoms. The molecule has 0 bridgehead atoms. The molecule has 0 amide bonds. The first-order valence-electron chi connectivity index (χ1n) is 5.93. The van der Waals surface area contributed by atoms with Crippen LogP contribution in [0, 0.1) is 0 Å². The molecule has 1 aromatic heterocycles. The molecule has 1 aliphatic heterocycles. The Kier molecular flexibility index (Phi) is 3.35. The van der Waals surface area contributed by atoms with Crippen molar-refractivity contribution in [2.75, 3.05) is 6.54 Å². The molecule has 20 heavy (non-hydrogen) atoms. The van der Waals surface area contributed by atoms with Crippen LogP contribution < -0.4 is 14.2 Å². The summed E-state index contributed by atoms with van der Waals surface area (Å²) < 4.78 is 33.1. The normalized spacial score (nSPS) is 20.7. The number of hydrogen-bond acceptors (Lipinski definition) is 5. The molecule has 104 valence electrons. The van der Waals surface area contributed by atoms with Crippen molar-refractivity contribution < 1.29 is 13.2 Å².